The number of hydrogen-bond donors (Lipinski definition) is 2. The van der Waals surface area contributed by atoms with Crippen molar-refractivity contribution in [2.75, 3.05) is 18.9 Å². The zero-order valence-electron chi connectivity index (χ0n) is 12.8. The maximum atomic E-state index is 12.0. The summed E-state index contributed by atoms with van der Waals surface area (Å²) < 4.78 is 5.12. The summed E-state index contributed by atoms with van der Waals surface area (Å²) in [6.07, 6.45) is 2.97. The number of carbonyl (C=O) groups is 1. The number of esters is 1. The summed E-state index contributed by atoms with van der Waals surface area (Å²) in [7, 11) is 0. The molecule has 0 fully saturated rings. The molecular formula is C14H23N3O3S. The molecule has 1 rings (SSSR count). The van der Waals surface area contributed by atoms with E-state index >= 15 is 0 Å². The lowest BCUT2D eigenvalue weighted by molar-refractivity contribution is -0.150. The summed E-state index contributed by atoms with van der Waals surface area (Å²) in [6.45, 7) is 6.71. The van der Waals surface area contributed by atoms with E-state index in [0.717, 1.165) is 12.2 Å². The molecule has 0 saturated heterocycles. The highest BCUT2D eigenvalue weighted by atomic mass is 32.2. The Morgan fingerprint density at radius 1 is 1.52 bits per heavy atom. The van der Waals surface area contributed by atoms with E-state index in [1.807, 2.05) is 13.8 Å². The van der Waals surface area contributed by atoms with Crippen molar-refractivity contribution in [1.82, 2.24) is 15.3 Å². The van der Waals surface area contributed by atoms with Gasteiger partial charge in [-0.2, -0.15) is 0 Å². The van der Waals surface area contributed by atoms with Crippen LogP contribution in [-0.2, 0) is 9.53 Å². The standard InChI is InChI=1S/C14H23N3O3S/c1-4-16-14(3,12(19)20-5-2)8-6-10-21-13-15-9-7-11(18)17-13/h7,9,16H,4-6,8,10H2,1-3H3,(H,15,17,18). The van der Waals surface area contributed by atoms with Crippen LogP contribution < -0.4 is 10.9 Å². The third-order valence-corrected chi connectivity index (χ3v) is 3.97. The monoisotopic (exact) mass is 313 g/mol. The van der Waals surface area contributed by atoms with Gasteiger partial charge in [0.1, 0.15) is 5.54 Å². The fourth-order valence-corrected chi connectivity index (χ4v) is 2.75. The van der Waals surface area contributed by atoms with E-state index in [-0.39, 0.29) is 11.5 Å². The number of nitrogens with zero attached hydrogens (tertiary/aromatic N) is 1. The highest BCUT2D eigenvalue weighted by Gasteiger charge is 2.32. The minimum atomic E-state index is -0.664. The summed E-state index contributed by atoms with van der Waals surface area (Å²) in [5.41, 5.74) is -0.820. The number of aromatic amines is 1. The molecule has 21 heavy (non-hydrogen) atoms. The van der Waals surface area contributed by atoms with Crippen molar-refractivity contribution in [3.05, 3.63) is 22.6 Å². The topological polar surface area (TPSA) is 84.1 Å². The lowest BCUT2D eigenvalue weighted by Crippen LogP contribution is -2.50. The molecule has 1 aromatic rings. The predicted molar refractivity (Wildman–Crippen MR) is 83.5 cm³/mol. The number of thioether (sulfide) groups is 1. The average molecular weight is 313 g/mol. The van der Waals surface area contributed by atoms with Crippen LogP contribution in [0.15, 0.2) is 22.2 Å². The first kappa shape index (κ1) is 17.7. The van der Waals surface area contributed by atoms with Crippen LogP contribution in [-0.4, -0.2) is 40.4 Å². The van der Waals surface area contributed by atoms with Gasteiger partial charge in [0, 0.05) is 18.0 Å². The zero-order chi connectivity index (χ0) is 15.7. The van der Waals surface area contributed by atoms with Gasteiger partial charge in [-0.25, -0.2) is 4.98 Å². The number of aromatic nitrogens is 2. The molecule has 0 radical (unpaired) electrons. The van der Waals surface area contributed by atoms with Gasteiger partial charge in [-0.05, 0) is 33.2 Å². The fourth-order valence-electron chi connectivity index (χ4n) is 1.96. The van der Waals surface area contributed by atoms with E-state index in [4.69, 9.17) is 4.74 Å². The van der Waals surface area contributed by atoms with Crippen molar-refractivity contribution < 1.29 is 9.53 Å². The Morgan fingerprint density at radius 3 is 2.90 bits per heavy atom. The van der Waals surface area contributed by atoms with E-state index in [1.54, 1.807) is 6.92 Å². The summed E-state index contributed by atoms with van der Waals surface area (Å²) in [4.78, 5) is 29.9. The Hall–Kier alpha value is -1.34. The van der Waals surface area contributed by atoms with E-state index in [2.05, 4.69) is 15.3 Å². The van der Waals surface area contributed by atoms with Gasteiger partial charge in [0.15, 0.2) is 5.16 Å². The van der Waals surface area contributed by atoms with Crippen molar-refractivity contribution in [3.63, 3.8) is 0 Å². The number of H-pyrrole nitrogens is 1. The zero-order valence-corrected chi connectivity index (χ0v) is 13.6. The number of likely N-dealkylation sites (N-methyl/N-ethyl adjacent to an activating group) is 1. The summed E-state index contributed by atoms with van der Waals surface area (Å²) in [5, 5.41) is 3.79. The molecule has 0 aromatic carbocycles. The molecule has 2 N–H and O–H groups in total. The summed E-state index contributed by atoms with van der Waals surface area (Å²) in [5.74, 6) is 0.552. The maximum Gasteiger partial charge on any atom is 0.326 e. The van der Waals surface area contributed by atoms with Crippen molar-refractivity contribution in [2.24, 2.45) is 0 Å². The lowest BCUT2D eigenvalue weighted by atomic mass is 9.96. The number of hydrogen-bond acceptors (Lipinski definition) is 6. The van der Waals surface area contributed by atoms with Crippen LogP contribution in [0.25, 0.3) is 0 Å². The Morgan fingerprint density at radius 2 is 2.29 bits per heavy atom. The molecular weight excluding hydrogens is 290 g/mol. The first-order chi connectivity index (χ1) is 10.0. The van der Waals surface area contributed by atoms with Crippen LogP contribution in [0.2, 0.25) is 0 Å². The SMILES string of the molecule is CCNC(C)(CCCSc1nccc(=O)[nH]1)C(=O)OCC. The molecule has 0 aliphatic heterocycles. The van der Waals surface area contributed by atoms with Gasteiger partial charge in [0.25, 0.3) is 5.56 Å². The van der Waals surface area contributed by atoms with E-state index < -0.39 is 5.54 Å². The molecule has 0 aliphatic carbocycles. The molecule has 1 unspecified atom stereocenters. The Balaban J connectivity index is 2.46. The van der Waals surface area contributed by atoms with E-state index in [0.29, 0.717) is 24.7 Å². The molecule has 1 atom stereocenters. The van der Waals surface area contributed by atoms with Gasteiger partial charge in [-0.1, -0.05) is 18.7 Å². The summed E-state index contributed by atoms with van der Waals surface area (Å²) >= 11 is 1.47. The quantitative estimate of drug-likeness (QED) is 0.312. The highest BCUT2D eigenvalue weighted by molar-refractivity contribution is 7.99. The van der Waals surface area contributed by atoms with Crippen LogP contribution in [0.4, 0.5) is 0 Å². The van der Waals surface area contributed by atoms with Gasteiger partial charge in [0.05, 0.1) is 6.61 Å². The van der Waals surface area contributed by atoms with Crippen molar-refractivity contribution in [1.29, 1.82) is 0 Å². The van der Waals surface area contributed by atoms with Crippen LogP contribution in [0.3, 0.4) is 0 Å². The van der Waals surface area contributed by atoms with Crippen LogP contribution >= 0.6 is 11.8 Å². The van der Waals surface area contributed by atoms with Crippen molar-refractivity contribution in [3.8, 4) is 0 Å². The Bertz CT molecular complexity index is 506. The fraction of sp³-hybridized carbons (Fsp3) is 0.643. The third kappa shape index (κ3) is 5.89. The van der Waals surface area contributed by atoms with E-state index in [1.165, 1.54) is 24.0 Å². The van der Waals surface area contributed by atoms with E-state index in [9.17, 15) is 9.59 Å². The number of ether oxygens (including phenoxy) is 1. The van der Waals surface area contributed by atoms with Gasteiger partial charge in [-0.3, -0.25) is 9.59 Å². The molecule has 1 heterocycles. The molecule has 1 aromatic heterocycles. The van der Waals surface area contributed by atoms with Crippen LogP contribution in [0.5, 0.6) is 0 Å². The molecule has 0 aliphatic rings. The predicted octanol–water partition coefficient (Wildman–Crippen LogP) is 1.57. The summed E-state index contributed by atoms with van der Waals surface area (Å²) in [6, 6.07) is 1.38. The van der Waals surface area contributed by atoms with Crippen LogP contribution in [0.1, 0.15) is 33.6 Å². The second-order valence-electron chi connectivity index (χ2n) is 4.77. The lowest BCUT2D eigenvalue weighted by Gasteiger charge is -2.28. The smallest absolute Gasteiger partial charge is 0.326 e. The molecule has 0 spiro atoms. The molecule has 6 nitrogen and oxygen atoms in total. The van der Waals surface area contributed by atoms with Gasteiger partial charge in [-0.15, -0.1) is 0 Å². The van der Waals surface area contributed by atoms with Gasteiger partial charge in [0.2, 0.25) is 0 Å². The molecule has 0 saturated carbocycles. The number of rotatable bonds is 9. The molecule has 7 heteroatoms. The molecule has 0 amide bonds. The first-order valence-corrected chi connectivity index (χ1v) is 8.10. The minimum absolute atomic E-state index is 0.156. The average Bonchev–Trinajstić information content (AvgIpc) is 2.44. The highest BCUT2D eigenvalue weighted by Crippen LogP contribution is 2.19. The van der Waals surface area contributed by atoms with Crippen molar-refractivity contribution in [2.45, 2.75) is 44.3 Å². The van der Waals surface area contributed by atoms with Gasteiger partial charge < -0.3 is 15.0 Å². The maximum absolute atomic E-state index is 12.0. The Labute approximate surface area is 129 Å². The van der Waals surface area contributed by atoms with Crippen molar-refractivity contribution >= 4 is 17.7 Å². The van der Waals surface area contributed by atoms with Crippen LogP contribution in [0, 0.1) is 0 Å². The third-order valence-electron chi connectivity index (χ3n) is 3.00. The normalized spacial score (nSPS) is 13.7. The first-order valence-electron chi connectivity index (χ1n) is 7.12. The minimum Gasteiger partial charge on any atom is -0.465 e. The largest absolute Gasteiger partial charge is 0.465 e. The second kappa shape index (κ2) is 8.84. The Kier molecular flexibility index (Phi) is 7.45. The number of nitrogens with one attached hydrogen (secondary N) is 2. The molecule has 0 bridgehead atoms. The number of carbonyl (C=O) groups excluding carboxylic acids is 1. The molecule has 118 valence electrons. The van der Waals surface area contributed by atoms with Gasteiger partial charge >= 0.3 is 5.97 Å². The second-order valence-corrected chi connectivity index (χ2v) is 5.86.